The number of hydrogen-bond acceptors (Lipinski definition) is 1. The lowest BCUT2D eigenvalue weighted by Gasteiger charge is -2.05. The van der Waals surface area contributed by atoms with Gasteiger partial charge in [-0.15, -0.1) is 0 Å². The summed E-state index contributed by atoms with van der Waals surface area (Å²) in [5.74, 6) is 2.40. The van der Waals surface area contributed by atoms with Crippen molar-refractivity contribution in [1.29, 1.82) is 0 Å². The van der Waals surface area contributed by atoms with Gasteiger partial charge in [-0.05, 0) is 28.9 Å². The first-order valence-electron chi connectivity index (χ1n) is 6.62. The molecule has 0 aromatic heterocycles. The van der Waals surface area contributed by atoms with Gasteiger partial charge in [-0.2, -0.15) is 11.8 Å². The summed E-state index contributed by atoms with van der Waals surface area (Å²) in [5, 5.41) is 0. The summed E-state index contributed by atoms with van der Waals surface area (Å²) in [6.07, 6.45) is 2.61. The predicted molar refractivity (Wildman–Crippen MR) is 82.9 cm³/mol. The Morgan fingerprint density at radius 3 is 2.44 bits per heavy atom. The number of hydrogen-bond donors (Lipinski definition) is 0. The normalized spacial score (nSPS) is 10.5. The maximum atomic E-state index is 2.31. The Labute approximate surface area is 114 Å². The van der Waals surface area contributed by atoms with Gasteiger partial charge in [-0.25, -0.2) is 0 Å². The van der Waals surface area contributed by atoms with Gasteiger partial charge in [0.15, 0.2) is 0 Å². The van der Waals surface area contributed by atoms with Gasteiger partial charge in [-0.3, -0.25) is 0 Å². The SMILES string of the molecule is CCCCSCc1cccc(-c2ccccc2)c1. The second-order valence-electron chi connectivity index (χ2n) is 4.47. The number of unbranched alkanes of at least 4 members (excludes halogenated alkanes) is 1. The minimum absolute atomic E-state index is 1.13. The van der Waals surface area contributed by atoms with E-state index >= 15 is 0 Å². The highest BCUT2D eigenvalue weighted by Crippen LogP contribution is 2.22. The minimum Gasteiger partial charge on any atom is -0.157 e. The van der Waals surface area contributed by atoms with Crippen LogP contribution in [0.2, 0.25) is 0 Å². The van der Waals surface area contributed by atoms with Gasteiger partial charge in [0.1, 0.15) is 0 Å². The standard InChI is InChI=1S/C17H20S/c1-2-3-12-18-14-15-8-7-11-17(13-15)16-9-5-4-6-10-16/h4-11,13H,2-3,12,14H2,1H3. The molecule has 0 saturated heterocycles. The highest BCUT2D eigenvalue weighted by molar-refractivity contribution is 7.98. The molecule has 0 spiro atoms. The maximum Gasteiger partial charge on any atom is 0.0184 e. The van der Waals surface area contributed by atoms with Gasteiger partial charge in [0.05, 0.1) is 0 Å². The minimum atomic E-state index is 1.13. The summed E-state index contributed by atoms with van der Waals surface area (Å²) < 4.78 is 0. The topological polar surface area (TPSA) is 0 Å². The zero-order valence-electron chi connectivity index (χ0n) is 10.9. The molecule has 0 unspecified atom stereocenters. The average molecular weight is 256 g/mol. The van der Waals surface area contributed by atoms with Crippen molar-refractivity contribution in [3.63, 3.8) is 0 Å². The van der Waals surface area contributed by atoms with Gasteiger partial charge in [0, 0.05) is 5.75 Å². The molecule has 0 nitrogen and oxygen atoms in total. The Hall–Kier alpha value is -1.21. The Bertz CT molecular complexity index is 462. The molecule has 18 heavy (non-hydrogen) atoms. The fourth-order valence-electron chi connectivity index (χ4n) is 1.91. The van der Waals surface area contributed by atoms with Crippen molar-refractivity contribution >= 4 is 11.8 Å². The molecule has 0 bridgehead atoms. The van der Waals surface area contributed by atoms with Gasteiger partial charge < -0.3 is 0 Å². The van der Waals surface area contributed by atoms with Crippen LogP contribution >= 0.6 is 11.8 Å². The Kier molecular flexibility index (Phi) is 5.35. The molecule has 0 N–H and O–H groups in total. The summed E-state index contributed by atoms with van der Waals surface area (Å²) in [4.78, 5) is 0. The molecule has 0 atom stereocenters. The third kappa shape index (κ3) is 3.92. The fourth-order valence-corrected chi connectivity index (χ4v) is 2.96. The number of benzene rings is 2. The van der Waals surface area contributed by atoms with Crippen LogP contribution in [0.5, 0.6) is 0 Å². The molecule has 0 amide bonds. The molecule has 2 aromatic carbocycles. The molecule has 0 radical (unpaired) electrons. The summed E-state index contributed by atoms with van der Waals surface area (Å²) in [5.41, 5.74) is 4.06. The predicted octanol–water partition coefficient (Wildman–Crippen LogP) is 5.39. The van der Waals surface area contributed by atoms with E-state index in [1.54, 1.807) is 0 Å². The highest BCUT2D eigenvalue weighted by atomic mass is 32.2. The first kappa shape index (κ1) is 13.2. The zero-order chi connectivity index (χ0) is 12.6. The summed E-state index contributed by atoms with van der Waals surface area (Å²) in [7, 11) is 0. The van der Waals surface area contributed by atoms with E-state index in [0.29, 0.717) is 0 Å². The van der Waals surface area contributed by atoms with Crippen molar-refractivity contribution in [2.45, 2.75) is 25.5 Å². The maximum absolute atomic E-state index is 2.31. The lowest BCUT2D eigenvalue weighted by Crippen LogP contribution is -1.85. The van der Waals surface area contributed by atoms with E-state index in [4.69, 9.17) is 0 Å². The van der Waals surface area contributed by atoms with Crippen molar-refractivity contribution in [2.75, 3.05) is 5.75 Å². The molecule has 0 aliphatic heterocycles. The van der Waals surface area contributed by atoms with E-state index in [9.17, 15) is 0 Å². The zero-order valence-corrected chi connectivity index (χ0v) is 11.7. The lowest BCUT2D eigenvalue weighted by molar-refractivity contribution is 0.896. The first-order valence-corrected chi connectivity index (χ1v) is 7.77. The smallest absolute Gasteiger partial charge is 0.0184 e. The molecular weight excluding hydrogens is 236 g/mol. The van der Waals surface area contributed by atoms with Crippen LogP contribution in [-0.2, 0) is 5.75 Å². The monoisotopic (exact) mass is 256 g/mol. The van der Waals surface area contributed by atoms with Crippen LogP contribution in [0.4, 0.5) is 0 Å². The molecule has 2 rings (SSSR count). The van der Waals surface area contributed by atoms with Crippen molar-refractivity contribution in [3.8, 4) is 11.1 Å². The fraction of sp³-hybridized carbons (Fsp3) is 0.294. The van der Waals surface area contributed by atoms with Gasteiger partial charge in [-0.1, -0.05) is 67.9 Å². The first-order chi connectivity index (χ1) is 8.90. The van der Waals surface area contributed by atoms with E-state index in [2.05, 4.69) is 61.5 Å². The van der Waals surface area contributed by atoms with Crippen molar-refractivity contribution < 1.29 is 0 Å². The van der Waals surface area contributed by atoms with Crippen LogP contribution in [-0.4, -0.2) is 5.75 Å². The van der Waals surface area contributed by atoms with Gasteiger partial charge >= 0.3 is 0 Å². The van der Waals surface area contributed by atoms with E-state index in [-0.39, 0.29) is 0 Å². The molecule has 2 aromatic rings. The van der Waals surface area contributed by atoms with Crippen LogP contribution < -0.4 is 0 Å². The van der Waals surface area contributed by atoms with E-state index in [1.807, 2.05) is 11.8 Å². The Balaban J connectivity index is 2.02. The van der Waals surface area contributed by atoms with Crippen LogP contribution in [0.1, 0.15) is 25.3 Å². The second-order valence-corrected chi connectivity index (χ2v) is 5.58. The molecule has 1 heteroatoms. The van der Waals surface area contributed by atoms with Gasteiger partial charge in [0.2, 0.25) is 0 Å². The largest absolute Gasteiger partial charge is 0.157 e. The molecule has 0 aliphatic rings. The molecule has 0 fully saturated rings. The van der Waals surface area contributed by atoms with Crippen LogP contribution in [0.25, 0.3) is 11.1 Å². The van der Waals surface area contributed by atoms with Crippen LogP contribution in [0.15, 0.2) is 54.6 Å². The van der Waals surface area contributed by atoms with Crippen molar-refractivity contribution in [1.82, 2.24) is 0 Å². The van der Waals surface area contributed by atoms with E-state index < -0.39 is 0 Å². The summed E-state index contributed by atoms with van der Waals surface area (Å²) in [6.45, 7) is 2.25. The molecule has 0 heterocycles. The van der Waals surface area contributed by atoms with Crippen molar-refractivity contribution in [2.24, 2.45) is 0 Å². The number of rotatable bonds is 6. The van der Waals surface area contributed by atoms with Crippen molar-refractivity contribution in [3.05, 3.63) is 60.2 Å². The Morgan fingerprint density at radius 1 is 0.889 bits per heavy atom. The lowest BCUT2D eigenvalue weighted by atomic mass is 10.0. The van der Waals surface area contributed by atoms with E-state index in [0.717, 1.165) is 5.75 Å². The molecule has 0 saturated carbocycles. The molecular formula is C17H20S. The molecule has 94 valence electrons. The average Bonchev–Trinajstić information content (AvgIpc) is 2.45. The Morgan fingerprint density at radius 2 is 1.67 bits per heavy atom. The van der Waals surface area contributed by atoms with Crippen LogP contribution in [0.3, 0.4) is 0 Å². The third-order valence-electron chi connectivity index (χ3n) is 2.95. The number of thioether (sulfide) groups is 1. The molecule has 0 aliphatic carbocycles. The van der Waals surface area contributed by atoms with E-state index in [1.165, 1.54) is 35.3 Å². The summed E-state index contributed by atoms with van der Waals surface area (Å²) in [6, 6.07) is 19.5. The second kappa shape index (κ2) is 7.27. The summed E-state index contributed by atoms with van der Waals surface area (Å²) >= 11 is 2.03. The van der Waals surface area contributed by atoms with Crippen LogP contribution in [0, 0.1) is 0 Å². The highest BCUT2D eigenvalue weighted by Gasteiger charge is 1.99. The van der Waals surface area contributed by atoms with Gasteiger partial charge in [0.25, 0.3) is 0 Å². The third-order valence-corrected chi connectivity index (χ3v) is 4.06. The quantitative estimate of drug-likeness (QED) is 0.625.